The van der Waals surface area contributed by atoms with Gasteiger partial charge in [0, 0.05) is 6.20 Å². The second kappa shape index (κ2) is 3.40. The summed E-state index contributed by atoms with van der Waals surface area (Å²) in [6, 6.07) is 3.45. The lowest BCUT2D eigenvalue weighted by Gasteiger charge is -1.94. The van der Waals surface area contributed by atoms with Crippen molar-refractivity contribution in [2.75, 3.05) is 0 Å². The van der Waals surface area contributed by atoms with Crippen LogP contribution in [0.1, 0.15) is 0 Å². The lowest BCUT2D eigenvalue weighted by molar-refractivity contribution is 0.559. The summed E-state index contributed by atoms with van der Waals surface area (Å²) < 4.78 is 19.8. The van der Waals surface area contributed by atoms with E-state index in [2.05, 4.69) is 4.98 Å². The van der Waals surface area contributed by atoms with Gasteiger partial charge in [-0.3, -0.25) is 0 Å². The zero-order chi connectivity index (χ0) is 7.56. The molecule has 0 saturated heterocycles. The van der Waals surface area contributed by atoms with E-state index in [9.17, 15) is 4.21 Å². The Kier molecular flexibility index (Phi) is 2.75. The highest BCUT2D eigenvalue weighted by atomic mass is 127. The number of aromatic nitrogens is 1. The van der Waals surface area contributed by atoms with Gasteiger partial charge in [-0.25, -0.2) is 9.19 Å². The molecule has 1 aromatic heterocycles. The van der Waals surface area contributed by atoms with Gasteiger partial charge < -0.3 is 4.55 Å². The average molecular weight is 269 g/mol. The van der Waals surface area contributed by atoms with Crippen LogP contribution in [0.3, 0.4) is 0 Å². The number of halogens is 1. The summed E-state index contributed by atoms with van der Waals surface area (Å²) in [5, 5.41) is 0.225. The van der Waals surface area contributed by atoms with E-state index >= 15 is 0 Å². The van der Waals surface area contributed by atoms with Gasteiger partial charge in [-0.15, -0.1) is 0 Å². The molecule has 0 aromatic carbocycles. The lowest BCUT2D eigenvalue weighted by atomic mass is 10.5. The summed E-state index contributed by atoms with van der Waals surface area (Å²) >= 11 is 0.000912. The van der Waals surface area contributed by atoms with E-state index in [4.69, 9.17) is 4.55 Å². The van der Waals surface area contributed by atoms with Crippen LogP contribution in [0.15, 0.2) is 23.4 Å². The van der Waals surface area contributed by atoms with Gasteiger partial charge in [-0.1, -0.05) is 0 Å². The molecule has 0 saturated carbocycles. The number of nitrogens with zero attached hydrogens (tertiary/aromatic N) is 1. The van der Waals surface area contributed by atoms with Crippen LogP contribution in [-0.2, 0) is 11.1 Å². The molecule has 1 N–H and O–H groups in total. The molecule has 0 aliphatic carbocycles. The van der Waals surface area contributed by atoms with Crippen molar-refractivity contribution in [1.82, 2.24) is 4.98 Å². The SMILES string of the molecule is O=S(O)c1ncccc1I. The topological polar surface area (TPSA) is 50.2 Å². The summed E-state index contributed by atoms with van der Waals surface area (Å²) in [5.41, 5.74) is 0. The quantitative estimate of drug-likeness (QED) is 0.617. The number of rotatable bonds is 1. The molecule has 54 valence electrons. The van der Waals surface area contributed by atoms with Crippen molar-refractivity contribution < 1.29 is 8.76 Å². The Morgan fingerprint density at radius 1 is 1.70 bits per heavy atom. The van der Waals surface area contributed by atoms with Gasteiger partial charge in [-0.05, 0) is 34.7 Å². The first-order valence-corrected chi connectivity index (χ1v) is 4.61. The van der Waals surface area contributed by atoms with E-state index in [1.807, 2.05) is 22.6 Å². The molecule has 10 heavy (non-hydrogen) atoms. The standard InChI is InChI=1S/C5H4INO2S/c6-4-2-1-3-7-5(4)10(8)9/h1-3H,(H,8,9). The van der Waals surface area contributed by atoms with Crippen LogP contribution in [-0.4, -0.2) is 13.7 Å². The average Bonchev–Trinajstić information content (AvgIpc) is 1.88. The van der Waals surface area contributed by atoms with Crippen molar-refractivity contribution in [2.24, 2.45) is 0 Å². The molecule has 0 amide bonds. The maximum atomic E-state index is 10.5. The Morgan fingerprint density at radius 2 is 2.40 bits per heavy atom. The molecule has 5 heteroatoms. The molecule has 1 rings (SSSR count). The number of pyridine rings is 1. The Morgan fingerprint density at radius 3 is 2.80 bits per heavy atom. The van der Waals surface area contributed by atoms with E-state index in [0.717, 1.165) is 0 Å². The van der Waals surface area contributed by atoms with Crippen molar-refractivity contribution in [2.45, 2.75) is 5.03 Å². The van der Waals surface area contributed by atoms with Crippen LogP contribution < -0.4 is 0 Å². The van der Waals surface area contributed by atoms with Gasteiger partial charge in [0.25, 0.3) is 0 Å². The maximum Gasteiger partial charge on any atom is 0.206 e. The van der Waals surface area contributed by atoms with Crippen LogP contribution >= 0.6 is 22.6 Å². The Labute approximate surface area is 74.3 Å². The first-order valence-electron chi connectivity index (χ1n) is 2.43. The second-order valence-corrected chi connectivity index (χ2v) is 3.59. The van der Waals surface area contributed by atoms with Gasteiger partial charge in [0.1, 0.15) is 0 Å². The normalized spacial score (nSPS) is 13.0. The Hall–Kier alpha value is -0.0100. The summed E-state index contributed by atoms with van der Waals surface area (Å²) in [6.45, 7) is 0. The minimum absolute atomic E-state index is 0.225. The van der Waals surface area contributed by atoms with Crippen molar-refractivity contribution >= 4 is 33.7 Å². The maximum absolute atomic E-state index is 10.5. The summed E-state index contributed by atoms with van der Waals surface area (Å²) in [6.07, 6.45) is 1.49. The van der Waals surface area contributed by atoms with Crippen molar-refractivity contribution in [1.29, 1.82) is 0 Å². The van der Waals surface area contributed by atoms with E-state index in [-0.39, 0.29) is 5.03 Å². The fourth-order valence-corrected chi connectivity index (χ4v) is 1.80. The third-order valence-corrected chi connectivity index (χ3v) is 2.78. The van der Waals surface area contributed by atoms with Crippen LogP contribution in [0.2, 0.25) is 0 Å². The fourth-order valence-electron chi connectivity index (χ4n) is 0.500. The number of hydrogen-bond donors (Lipinski definition) is 1. The third kappa shape index (κ3) is 1.74. The Balaban J connectivity index is 3.15. The molecule has 3 nitrogen and oxygen atoms in total. The summed E-state index contributed by atoms with van der Waals surface area (Å²) in [5.74, 6) is 0. The molecular weight excluding hydrogens is 265 g/mol. The zero-order valence-corrected chi connectivity index (χ0v) is 7.79. The molecular formula is C5H4INO2S. The first-order chi connectivity index (χ1) is 4.72. The van der Waals surface area contributed by atoms with E-state index < -0.39 is 11.1 Å². The van der Waals surface area contributed by atoms with Gasteiger partial charge in [-0.2, -0.15) is 0 Å². The van der Waals surface area contributed by atoms with Crippen LogP contribution in [0.5, 0.6) is 0 Å². The monoisotopic (exact) mass is 269 g/mol. The van der Waals surface area contributed by atoms with Crippen LogP contribution in [0, 0.1) is 3.57 Å². The first kappa shape index (κ1) is 8.09. The molecule has 0 aliphatic heterocycles. The summed E-state index contributed by atoms with van der Waals surface area (Å²) in [4.78, 5) is 3.72. The molecule has 1 atom stereocenters. The predicted molar refractivity (Wildman–Crippen MR) is 46.0 cm³/mol. The largest absolute Gasteiger partial charge is 0.301 e. The molecule has 0 aliphatic rings. The van der Waals surface area contributed by atoms with E-state index in [0.29, 0.717) is 3.57 Å². The molecule has 1 unspecified atom stereocenters. The Bertz CT molecular complexity index is 266. The third-order valence-electron chi connectivity index (χ3n) is 0.890. The second-order valence-electron chi connectivity index (χ2n) is 1.54. The van der Waals surface area contributed by atoms with Gasteiger partial charge in [0.15, 0.2) is 5.03 Å². The van der Waals surface area contributed by atoms with Crippen molar-refractivity contribution in [3.05, 3.63) is 21.9 Å². The molecule has 1 heterocycles. The van der Waals surface area contributed by atoms with E-state index in [1.54, 1.807) is 12.1 Å². The molecule has 0 fully saturated rings. The minimum atomic E-state index is -1.96. The van der Waals surface area contributed by atoms with E-state index in [1.165, 1.54) is 6.20 Å². The lowest BCUT2D eigenvalue weighted by Crippen LogP contribution is -1.94. The van der Waals surface area contributed by atoms with Gasteiger partial charge in [0.2, 0.25) is 11.1 Å². The van der Waals surface area contributed by atoms with Gasteiger partial charge >= 0.3 is 0 Å². The highest BCUT2D eigenvalue weighted by Gasteiger charge is 2.04. The predicted octanol–water partition coefficient (Wildman–Crippen LogP) is 1.27. The number of hydrogen-bond acceptors (Lipinski definition) is 2. The van der Waals surface area contributed by atoms with Crippen molar-refractivity contribution in [3.8, 4) is 0 Å². The molecule has 0 spiro atoms. The highest BCUT2D eigenvalue weighted by molar-refractivity contribution is 14.1. The molecule has 1 aromatic rings. The highest BCUT2D eigenvalue weighted by Crippen LogP contribution is 2.10. The molecule has 0 radical (unpaired) electrons. The molecule has 0 bridgehead atoms. The summed E-state index contributed by atoms with van der Waals surface area (Å²) in [7, 11) is 0. The van der Waals surface area contributed by atoms with Crippen LogP contribution in [0.4, 0.5) is 0 Å². The van der Waals surface area contributed by atoms with Crippen LogP contribution in [0.25, 0.3) is 0 Å². The minimum Gasteiger partial charge on any atom is -0.301 e. The van der Waals surface area contributed by atoms with Crippen molar-refractivity contribution in [3.63, 3.8) is 0 Å². The zero-order valence-electron chi connectivity index (χ0n) is 4.82. The fraction of sp³-hybridized carbons (Fsp3) is 0. The smallest absolute Gasteiger partial charge is 0.206 e. The van der Waals surface area contributed by atoms with Gasteiger partial charge in [0.05, 0.1) is 3.57 Å².